The number of unbranched alkanes of at least 4 members (excludes halogenated alkanes) is 15. The van der Waals surface area contributed by atoms with E-state index >= 15 is 0 Å². The Labute approximate surface area is 350 Å². The maximum atomic E-state index is 14.0. The Morgan fingerprint density at radius 3 is 2.17 bits per heavy atom. The number of nitrogens with one attached hydrogen (secondary N) is 2. The van der Waals surface area contributed by atoms with Crippen LogP contribution in [-0.4, -0.2) is 106 Å². The molecule has 2 aliphatic rings. The number of esters is 1. The lowest BCUT2D eigenvalue weighted by Crippen LogP contribution is -2.51. The van der Waals surface area contributed by atoms with Crippen molar-refractivity contribution in [1.82, 2.24) is 20.8 Å². The number of phenolic OH excluding ortho intramolecular Hbond substituents is 1. The van der Waals surface area contributed by atoms with Gasteiger partial charge < -0.3 is 25.2 Å². The molecule has 59 heavy (non-hydrogen) atoms. The Morgan fingerprint density at radius 1 is 0.932 bits per heavy atom. The lowest BCUT2D eigenvalue weighted by atomic mass is 9.96. The fourth-order valence-electron chi connectivity index (χ4n) is 7.49. The first-order valence-electron chi connectivity index (χ1n) is 22.3. The molecule has 15 heteroatoms. The van der Waals surface area contributed by atoms with Crippen molar-refractivity contribution in [2.45, 2.75) is 179 Å². The molecular weight excluding hydrogens is 759 g/mol. The molecule has 4 unspecified atom stereocenters. The third-order valence-electron chi connectivity index (χ3n) is 11.3. The van der Waals surface area contributed by atoms with Gasteiger partial charge in [0, 0.05) is 13.1 Å². The second kappa shape index (κ2) is 28.3. The Balaban J connectivity index is 1.62. The van der Waals surface area contributed by atoms with Crippen LogP contribution in [0.2, 0.25) is 0 Å². The summed E-state index contributed by atoms with van der Waals surface area (Å²) >= 11 is 0. The first-order valence-corrected chi connectivity index (χ1v) is 22.3. The van der Waals surface area contributed by atoms with E-state index in [1.165, 1.54) is 70.3 Å². The molecule has 5 atom stereocenters. The summed E-state index contributed by atoms with van der Waals surface area (Å²) < 4.78 is 11.7. The summed E-state index contributed by atoms with van der Waals surface area (Å²) in [6.07, 6.45) is 20.1. The van der Waals surface area contributed by atoms with Gasteiger partial charge in [-0.2, -0.15) is 0 Å². The highest BCUT2D eigenvalue weighted by atomic mass is 16.5. The SMILES string of the molecule is CCCCCCCCCCCCCCCCCC(OC(=O)[C@H](CCCCN(O)C=O)NC(=O)C1COC(c2ccccc2O)=N1)C(C)C(=O)NC1CCCCN(O)C1=O. The Morgan fingerprint density at radius 2 is 1.54 bits per heavy atom. The van der Waals surface area contributed by atoms with Gasteiger partial charge in [0.2, 0.25) is 24.1 Å². The maximum absolute atomic E-state index is 14.0. The van der Waals surface area contributed by atoms with Gasteiger partial charge in [-0.1, -0.05) is 116 Å². The zero-order valence-corrected chi connectivity index (χ0v) is 35.5. The van der Waals surface area contributed by atoms with Crippen LogP contribution >= 0.6 is 0 Å². The van der Waals surface area contributed by atoms with Gasteiger partial charge in [0.05, 0.1) is 11.5 Å². The fraction of sp³-hybridized carbons (Fsp3) is 0.727. The number of phenols is 1. The minimum absolute atomic E-state index is 0.0219. The van der Waals surface area contributed by atoms with E-state index in [0.29, 0.717) is 60.6 Å². The van der Waals surface area contributed by atoms with Crippen LogP contribution < -0.4 is 10.6 Å². The number of aliphatic imine (C=N–C) groups is 1. The van der Waals surface area contributed by atoms with E-state index in [2.05, 4.69) is 22.5 Å². The summed E-state index contributed by atoms with van der Waals surface area (Å²) in [5.41, 5.74) is 0.327. The number of hydroxylamine groups is 4. The van der Waals surface area contributed by atoms with Gasteiger partial charge in [-0.15, -0.1) is 0 Å². The molecule has 3 rings (SSSR count). The molecule has 5 N–H and O–H groups in total. The highest BCUT2D eigenvalue weighted by Gasteiger charge is 2.36. The molecule has 15 nitrogen and oxygen atoms in total. The van der Waals surface area contributed by atoms with Gasteiger partial charge in [-0.3, -0.25) is 29.6 Å². The monoisotopic (exact) mass is 830 g/mol. The smallest absolute Gasteiger partial charge is 0.328 e. The predicted molar refractivity (Wildman–Crippen MR) is 223 cm³/mol. The Hall–Kier alpha value is -4.24. The lowest BCUT2D eigenvalue weighted by molar-refractivity contribution is -0.167. The topological polar surface area (TPSA) is 207 Å². The molecule has 0 aliphatic carbocycles. The van der Waals surface area contributed by atoms with Gasteiger partial charge in [0.15, 0.2) is 6.04 Å². The normalized spacial score (nSPS) is 18.2. The zero-order valence-electron chi connectivity index (χ0n) is 35.5. The average molecular weight is 830 g/mol. The quantitative estimate of drug-likeness (QED) is 0.0182. The van der Waals surface area contributed by atoms with Crippen molar-refractivity contribution in [3.05, 3.63) is 29.8 Å². The number of nitrogens with zero attached hydrogens (tertiary/aromatic N) is 3. The molecular formula is C44H71N5O10. The molecule has 4 amide bonds. The third-order valence-corrected chi connectivity index (χ3v) is 11.3. The number of carbonyl (C=O) groups excluding carboxylic acids is 5. The molecule has 1 fully saturated rings. The van der Waals surface area contributed by atoms with Crippen LogP contribution in [0, 0.1) is 5.92 Å². The first-order chi connectivity index (χ1) is 28.5. The molecule has 332 valence electrons. The summed E-state index contributed by atoms with van der Waals surface area (Å²) in [5, 5.41) is 36.6. The van der Waals surface area contributed by atoms with Crippen molar-refractivity contribution in [3.63, 3.8) is 0 Å². The standard InChI is InChI=1S/C44H71N5O10/c1-3-4-5-6-7-8-9-10-11-12-13-14-15-16-17-28-39(33(2)40(52)45-35-25-21-23-30-49(57)43(35)54)59-44(55)36(26-20-22-29-48(56)32-50)46-41(53)37-31-58-42(47-37)34-24-18-19-27-38(34)51/h18-19,24,27,32-33,35-37,39,51,56-57H,3-17,20-23,25-26,28-31H2,1-2H3,(H,45,52)(H,46,53)/t33?,35?,36-,37?,39?/m0/s1. The van der Waals surface area contributed by atoms with Crippen molar-refractivity contribution in [2.75, 3.05) is 19.7 Å². The van der Waals surface area contributed by atoms with Crippen molar-refractivity contribution < 1.29 is 49.0 Å². The van der Waals surface area contributed by atoms with Crippen LogP contribution in [0.25, 0.3) is 0 Å². The maximum Gasteiger partial charge on any atom is 0.328 e. The number of carbonyl (C=O) groups is 5. The van der Waals surface area contributed by atoms with Gasteiger partial charge >= 0.3 is 5.97 Å². The number of ether oxygens (including phenoxy) is 2. The number of amides is 4. The molecule has 0 saturated carbocycles. The zero-order chi connectivity index (χ0) is 42.8. The van der Waals surface area contributed by atoms with Crippen LogP contribution in [-0.2, 0) is 33.4 Å². The molecule has 1 saturated heterocycles. The van der Waals surface area contributed by atoms with Gasteiger partial charge in [0.25, 0.3) is 5.91 Å². The predicted octanol–water partition coefficient (Wildman–Crippen LogP) is 6.74. The van der Waals surface area contributed by atoms with Gasteiger partial charge in [-0.05, 0) is 63.5 Å². The summed E-state index contributed by atoms with van der Waals surface area (Å²) in [7, 11) is 0. The van der Waals surface area contributed by atoms with Crippen LogP contribution in [0.1, 0.15) is 161 Å². The number of hydrogen-bond acceptors (Lipinski definition) is 11. The number of aromatic hydroxyl groups is 1. The summed E-state index contributed by atoms with van der Waals surface area (Å²) in [6, 6.07) is 3.38. The van der Waals surface area contributed by atoms with Crippen molar-refractivity contribution in [2.24, 2.45) is 10.9 Å². The van der Waals surface area contributed by atoms with E-state index in [4.69, 9.17) is 9.47 Å². The molecule has 1 aromatic rings. The second-order valence-corrected chi connectivity index (χ2v) is 16.1. The molecule has 1 aromatic carbocycles. The lowest BCUT2D eigenvalue weighted by Gasteiger charge is -2.28. The van der Waals surface area contributed by atoms with Crippen molar-refractivity contribution >= 4 is 36.0 Å². The molecule has 2 heterocycles. The highest BCUT2D eigenvalue weighted by Crippen LogP contribution is 2.23. The molecule has 2 aliphatic heterocycles. The van der Waals surface area contributed by atoms with Crippen LogP contribution in [0.15, 0.2) is 29.3 Å². The van der Waals surface area contributed by atoms with Crippen LogP contribution in [0.3, 0.4) is 0 Å². The molecule has 0 aromatic heterocycles. The number of hydrogen-bond donors (Lipinski definition) is 5. The first kappa shape index (κ1) is 49.1. The fourth-order valence-corrected chi connectivity index (χ4v) is 7.49. The second-order valence-electron chi connectivity index (χ2n) is 16.1. The van der Waals surface area contributed by atoms with Gasteiger partial charge in [0.1, 0.15) is 30.5 Å². The van der Waals surface area contributed by atoms with E-state index in [-0.39, 0.29) is 44.2 Å². The van der Waals surface area contributed by atoms with E-state index in [0.717, 1.165) is 25.7 Å². The van der Waals surface area contributed by atoms with Crippen LogP contribution in [0.5, 0.6) is 5.75 Å². The number of para-hydroxylation sites is 1. The molecule has 0 radical (unpaired) electrons. The van der Waals surface area contributed by atoms with E-state index in [1.54, 1.807) is 25.1 Å². The minimum atomic E-state index is -1.15. The van der Waals surface area contributed by atoms with Crippen molar-refractivity contribution in [3.8, 4) is 5.75 Å². The molecule has 0 spiro atoms. The Bertz CT molecular complexity index is 1460. The van der Waals surface area contributed by atoms with E-state index in [9.17, 15) is 39.5 Å². The third kappa shape index (κ3) is 18.3. The Kier molecular flexibility index (Phi) is 23.5. The molecule has 0 bridgehead atoms. The van der Waals surface area contributed by atoms with Crippen LogP contribution in [0.4, 0.5) is 0 Å². The largest absolute Gasteiger partial charge is 0.507 e. The van der Waals surface area contributed by atoms with E-state index < -0.39 is 53.8 Å². The minimum Gasteiger partial charge on any atom is -0.507 e. The summed E-state index contributed by atoms with van der Waals surface area (Å²) in [5.74, 6) is -3.23. The van der Waals surface area contributed by atoms with Gasteiger partial charge in [-0.25, -0.2) is 19.9 Å². The highest BCUT2D eigenvalue weighted by molar-refractivity contribution is 6.00. The number of rotatable bonds is 30. The average Bonchev–Trinajstić information content (AvgIpc) is 3.67. The summed E-state index contributed by atoms with van der Waals surface area (Å²) in [4.78, 5) is 69.1. The van der Waals surface area contributed by atoms with Crippen molar-refractivity contribution in [1.29, 1.82) is 0 Å². The van der Waals surface area contributed by atoms with E-state index in [1.807, 2.05) is 0 Å². The number of benzene rings is 1. The summed E-state index contributed by atoms with van der Waals surface area (Å²) in [6.45, 7) is 3.98.